The minimum Gasteiger partial charge on any atom is -0.390 e. The van der Waals surface area contributed by atoms with E-state index in [2.05, 4.69) is 37.6 Å². The Hall–Kier alpha value is -1.37. The van der Waals surface area contributed by atoms with Gasteiger partial charge in [0.1, 0.15) is 5.82 Å². The lowest BCUT2D eigenvalue weighted by Crippen LogP contribution is -2.47. The highest BCUT2D eigenvalue weighted by Gasteiger charge is 2.22. The molecular formula is C18H33ClN4O2. The summed E-state index contributed by atoms with van der Waals surface area (Å²) >= 11 is 0. The van der Waals surface area contributed by atoms with Gasteiger partial charge in [0.05, 0.1) is 12.3 Å². The number of aromatic nitrogens is 1. The fourth-order valence-electron chi connectivity index (χ4n) is 2.82. The Balaban J connectivity index is 0.00000576. The van der Waals surface area contributed by atoms with E-state index in [1.807, 2.05) is 19.1 Å². The van der Waals surface area contributed by atoms with Crippen molar-refractivity contribution in [2.24, 2.45) is 0 Å². The summed E-state index contributed by atoms with van der Waals surface area (Å²) in [4.78, 5) is 22.7. The van der Waals surface area contributed by atoms with Gasteiger partial charge in [0.25, 0.3) is 0 Å². The largest absolute Gasteiger partial charge is 0.390 e. The lowest BCUT2D eigenvalue weighted by atomic mass is 10.2. The van der Waals surface area contributed by atoms with E-state index < -0.39 is 0 Å². The van der Waals surface area contributed by atoms with Gasteiger partial charge in [0.15, 0.2) is 0 Å². The van der Waals surface area contributed by atoms with Crippen molar-refractivity contribution < 1.29 is 9.90 Å². The molecule has 6 nitrogen and oxygen atoms in total. The van der Waals surface area contributed by atoms with Crippen LogP contribution in [0.3, 0.4) is 0 Å². The minimum atomic E-state index is -0.136. The van der Waals surface area contributed by atoms with Crippen molar-refractivity contribution in [2.75, 3.05) is 32.1 Å². The fraction of sp³-hybridized carbons (Fsp3) is 0.667. The van der Waals surface area contributed by atoms with Crippen LogP contribution in [-0.2, 0) is 6.61 Å². The zero-order chi connectivity index (χ0) is 18.4. The Morgan fingerprint density at radius 1 is 1.12 bits per heavy atom. The summed E-state index contributed by atoms with van der Waals surface area (Å²) in [5.74, 6) is 0.588. The Kier molecular flexibility index (Phi) is 10.0. The number of carbonyl (C=O) groups excluding carboxylic acids is 1. The van der Waals surface area contributed by atoms with Crippen molar-refractivity contribution in [3.05, 3.63) is 23.4 Å². The van der Waals surface area contributed by atoms with E-state index in [9.17, 15) is 9.90 Å². The Labute approximate surface area is 158 Å². The average Bonchev–Trinajstić information content (AvgIpc) is 2.49. The SMILES string of the molecule is Cc1cc(CO)nc(N(CCN(C(C)C)C(C)C)C(=O)N(C)C)c1.Cl. The molecule has 1 aromatic rings. The van der Waals surface area contributed by atoms with Crippen LogP contribution in [0.1, 0.15) is 39.0 Å². The molecule has 0 saturated heterocycles. The topological polar surface area (TPSA) is 59.9 Å². The first-order valence-electron chi connectivity index (χ1n) is 8.50. The van der Waals surface area contributed by atoms with E-state index in [4.69, 9.17) is 0 Å². The molecule has 0 aliphatic rings. The van der Waals surface area contributed by atoms with Crippen LogP contribution in [0.4, 0.5) is 10.6 Å². The average molecular weight is 373 g/mol. The first kappa shape index (κ1) is 23.6. The van der Waals surface area contributed by atoms with Crippen LogP contribution in [0.2, 0.25) is 0 Å². The van der Waals surface area contributed by atoms with Gasteiger partial charge in [-0.05, 0) is 52.3 Å². The van der Waals surface area contributed by atoms with E-state index in [1.165, 1.54) is 0 Å². The summed E-state index contributed by atoms with van der Waals surface area (Å²) < 4.78 is 0. The number of aliphatic hydroxyl groups excluding tert-OH is 1. The molecule has 1 heterocycles. The van der Waals surface area contributed by atoms with E-state index in [-0.39, 0.29) is 25.0 Å². The van der Waals surface area contributed by atoms with Gasteiger partial charge in [-0.1, -0.05) is 0 Å². The normalized spacial score (nSPS) is 11.0. The van der Waals surface area contributed by atoms with Crippen LogP contribution >= 0.6 is 12.4 Å². The Morgan fingerprint density at radius 3 is 2.12 bits per heavy atom. The number of aryl methyl sites for hydroxylation is 1. The Morgan fingerprint density at radius 2 is 1.68 bits per heavy atom. The molecule has 144 valence electrons. The maximum atomic E-state index is 12.6. The molecule has 0 saturated carbocycles. The summed E-state index contributed by atoms with van der Waals surface area (Å²) in [5, 5.41) is 9.40. The molecule has 25 heavy (non-hydrogen) atoms. The summed E-state index contributed by atoms with van der Waals surface area (Å²) in [6.45, 7) is 11.8. The molecule has 2 amide bonds. The second-order valence-electron chi connectivity index (χ2n) is 6.91. The zero-order valence-electron chi connectivity index (χ0n) is 16.5. The number of amides is 2. The van der Waals surface area contributed by atoms with Crippen molar-refractivity contribution in [1.29, 1.82) is 0 Å². The molecule has 0 spiro atoms. The lowest BCUT2D eigenvalue weighted by molar-refractivity contribution is 0.177. The van der Waals surface area contributed by atoms with Crippen molar-refractivity contribution in [3.63, 3.8) is 0 Å². The number of nitrogens with zero attached hydrogens (tertiary/aromatic N) is 4. The van der Waals surface area contributed by atoms with Crippen molar-refractivity contribution >= 4 is 24.3 Å². The summed E-state index contributed by atoms with van der Waals surface area (Å²) in [7, 11) is 3.47. The van der Waals surface area contributed by atoms with E-state index in [0.29, 0.717) is 30.1 Å². The second-order valence-corrected chi connectivity index (χ2v) is 6.91. The first-order valence-corrected chi connectivity index (χ1v) is 8.50. The maximum Gasteiger partial charge on any atom is 0.325 e. The van der Waals surface area contributed by atoms with Gasteiger partial charge >= 0.3 is 6.03 Å². The molecule has 0 aliphatic heterocycles. The smallest absolute Gasteiger partial charge is 0.325 e. The van der Waals surface area contributed by atoms with E-state index >= 15 is 0 Å². The van der Waals surface area contributed by atoms with Gasteiger partial charge in [-0.3, -0.25) is 9.80 Å². The molecule has 0 atom stereocenters. The monoisotopic (exact) mass is 372 g/mol. The molecule has 1 aromatic heterocycles. The van der Waals surface area contributed by atoms with Crippen LogP contribution in [0.5, 0.6) is 0 Å². The molecule has 0 bridgehead atoms. The third kappa shape index (κ3) is 6.80. The number of carbonyl (C=O) groups is 1. The number of hydrogen-bond donors (Lipinski definition) is 1. The molecule has 1 rings (SSSR count). The number of pyridine rings is 1. The predicted octanol–water partition coefficient (Wildman–Crippen LogP) is 2.91. The van der Waals surface area contributed by atoms with Crippen LogP contribution < -0.4 is 4.90 Å². The number of hydrogen-bond acceptors (Lipinski definition) is 4. The molecule has 1 N–H and O–H groups in total. The summed E-state index contributed by atoms with van der Waals surface area (Å²) in [6.07, 6.45) is 0. The van der Waals surface area contributed by atoms with Crippen LogP contribution in [0, 0.1) is 6.92 Å². The zero-order valence-corrected chi connectivity index (χ0v) is 17.3. The summed E-state index contributed by atoms with van der Waals surface area (Å²) in [5.41, 5.74) is 1.55. The molecule has 0 aromatic carbocycles. The van der Waals surface area contributed by atoms with Crippen LogP contribution in [-0.4, -0.2) is 65.2 Å². The van der Waals surface area contributed by atoms with Gasteiger partial charge in [0, 0.05) is 39.3 Å². The van der Waals surface area contributed by atoms with Gasteiger partial charge in [-0.25, -0.2) is 9.78 Å². The van der Waals surface area contributed by atoms with Crippen molar-refractivity contribution in [2.45, 2.75) is 53.3 Å². The first-order chi connectivity index (χ1) is 11.2. The molecule has 0 unspecified atom stereocenters. The predicted molar refractivity (Wildman–Crippen MR) is 106 cm³/mol. The van der Waals surface area contributed by atoms with Crippen LogP contribution in [0.25, 0.3) is 0 Å². The van der Waals surface area contributed by atoms with Gasteiger partial charge in [-0.2, -0.15) is 0 Å². The highest BCUT2D eigenvalue weighted by Crippen LogP contribution is 2.17. The van der Waals surface area contributed by atoms with Crippen molar-refractivity contribution in [3.8, 4) is 0 Å². The van der Waals surface area contributed by atoms with Crippen LogP contribution in [0.15, 0.2) is 12.1 Å². The van der Waals surface area contributed by atoms with Gasteiger partial charge < -0.3 is 10.0 Å². The standard InChI is InChI=1S/C18H32N4O2.ClH/c1-13(2)21(14(3)4)8-9-22(18(24)20(6)7)17-11-15(5)10-16(12-23)19-17;/h10-11,13-14,23H,8-9,12H2,1-7H3;1H. The number of aliphatic hydroxyl groups is 1. The molecule has 0 fully saturated rings. The third-order valence-electron chi connectivity index (χ3n) is 3.97. The van der Waals surface area contributed by atoms with Gasteiger partial charge in [-0.15, -0.1) is 12.4 Å². The second kappa shape index (κ2) is 10.6. The number of anilines is 1. The highest BCUT2D eigenvalue weighted by molar-refractivity contribution is 5.90. The number of urea groups is 1. The minimum absolute atomic E-state index is 0. The Bertz CT molecular complexity index is 542. The highest BCUT2D eigenvalue weighted by atomic mass is 35.5. The summed E-state index contributed by atoms with van der Waals surface area (Å²) in [6, 6.07) is 4.41. The van der Waals surface area contributed by atoms with E-state index in [0.717, 1.165) is 12.1 Å². The fourth-order valence-corrected chi connectivity index (χ4v) is 2.82. The molecular weight excluding hydrogens is 340 g/mol. The van der Waals surface area contributed by atoms with Gasteiger partial charge in [0.2, 0.25) is 0 Å². The van der Waals surface area contributed by atoms with Crippen molar-refractivity contribution in [1.82, 2.24) is 14.8 Å². The number of halogens is 1. The van der Waals surface area contributed by atoms with E-state index in [1.54, 1.807) is 23.9 Å². The third-order valence-corrected chi connectivity index (χ3v) is 3.97. The quantitative estimate of drug-likeness (QED) is 0.799. The molecule has 0 radical (unpaired) electrons. The molecule has 0 aliphatic carbocycles. The molecule has 7 heteroatoms. The lowest BCUT2D eigenvalue weighted by Gasteiger charge is -2.33. The maximum absolute atomic E-state index is 12.6. The number of rotatable bonds is 7.